The van der Waals surface area contributed by atoms with Gasteiger partial charge >= 0.3 is 12.4 Å². The number of nitrogens with zero attached hydrogens (tertiary/aromatic N) is 7. The van der Waals surface area contributed by atoms with Gasteiger partial charge in [0.15, 0.2) is 0 Å². The number of benzene rings is 2. The topological polar surface area (TPSA) is 173 Å². The molecule has 2 saturated carbocycles. The number of hydrogen-bond donors (Lipinski definition) is 3. The van der Waals surface area contributed by atoms with Gasteiger partial charge in [-0.3, -0.25) is 9.59 Å². The van der Waals surface area contributed by atoms with Crippen molar-refractivity contribution < 1.29 is 35.9 Å². The highest BCUT2D eigenvalue weighted by molar-refractivity contribution is 7.19. The van der Waals surface area contributed by atoms with Gasteiger partial charge in [-0.1, -0.05) is 35.9 Å². The lowest BCUT2D eigenvalue weighted by Crippen LogP contribution is -2.34. The first-order valence-corrected chi connectivity index (χ1v) is 25.2. The monoisotopic (exact) mass is 1030 g/mol. The molecule has 2 saturated heterocycles. The predicted molar refractivity (Wildman–Crippen MR) is 260 cm³/mol. The smallest absolute Gasteiger partial charge is 0.355 e. The Morgan fingerprint density at radius 2 is 1.27 bits per heavy atom. The van der Waals surface area contributed by atoms with Crippen LogP contribution in [-0.2, 0) is 25.7 Å². The molecule has 10 rings (SSSR count). The van der Waals surface area contributed by atoms with Crippen molar-refractivity contribution in [3.63, 3.8) is 0 Å². The molecular formula is C50H49ClF6N10O2S2. The van der Waals surface area contributed by atoms with Gasteiger partial charge < -0.3 is 20.9 Å². The number of hydrogen-bond acceptors (Lipinski definition) is 12. The molecule has 6 heterocycles. The van der Waals surface area contributed by atoms with Gasteiger partial charge in [0, 0.05) is 58.0 Å². The summed E-state index contributed by atoms with van der Waals surface area (Å²) in [7, 11) is 0. The van der Waals surface area contributed by atoms with E-state index >= 15 is 0 Å². The summed E-state index contributed by atoms with van der Waals surface area (Å²) >= 11 is 7.77. The molecule has 0 bridgehead atoms. The number of thiophene rings is 2. The minimum atomic E-state index is -4.26. The number of aromatic nitrogens is 4. The summed E-state index contributed by atoms with van der Waals surface area (Å²) in [4.78, 5) is 45.0. The number of carbonyl (C=O) groups is 2. The summed E-state index contributed by atoms with van der Waals surface area (Å²) in [5.74, 6) is 0.552. The van der Waals surface area contributed by atoms with Crippen LogP contribution in [0.1, 0.15) is 93.0 Å². The molecule has 71 heavy (non-hydrogen) atoms. The van der Waals surface area contributed by atoms with E-state index in [2.05, 4.69) is 52.9 Å². The number of halogens is 7. The summed E-state index contributed by atoms with van der Waals surface area (Å²) in [6, 6.07) is 22.0. The molecule has 4 fully saturated rings. The summed E-state index contributed by atoms with van der Waals surface area (Å²) < 4.78 is 75.0. The molecule has 6 aromatic rings. The maximum Gasteiger partial charge on any atom is 0.393 e. The quantitative estimate of drug-likeness (QED) is 0.0935. The highest BCUT2D eigenvalue weighted by Crippen LogP contribution is 2.48. The molecule has 2 aromatic carbocycles. The zero-order valence-electron chi connectivity index (χ0n) is 38.3. The number of nitriles is 2. The second-order valence-corrected chi connectivity index (χ2v) is 21.4. The summed E-state index contributed by atoms with van der Waals surface area (Å²) in [5, 5.41) is 28.7. The Morgan fingerprint density at radius 3 is 1.80 bits per heavy atom. The van der Waals surface area contributed by atoms with E-state index in [4.69, 9.17) is 22.1 Å². The summed E-state index contributed by atoms with van der Waals surface area (Å²) in [6.45, 7) is 3.73. The molecule has 2 amide bonds. The molecule has 3 N–H and O–H groups in total. The van der Waals surface area contributed by atoms with E-state index in [1.807, 2.05) is 30.3 Å². The molecule has 4 aliphatic rings. The van der Waals surface area contributed by atoms with E-state index in [0.29, 0.717) is 49.2 Å². The van der Waals surface area contributed by atoms with Crippen LogP contribution in [0.25, 0.3) is 20.4 Å². The van der Waals surface area contributed by atoms with E-state index in [9.17, 15) is 35.9 Å². The molecule has 372 valence electrons. The van der Waals surface area contributed by atoms with E-state index in [1.165, 1.54) is 31.6 Å². The summed E-state index contributed by atoms with van der Waals surface area (Å²) in [5.41, 5.74) is 3.39. The summed E-state index contributed by atoms with van der Waals surface area (Å²) in [6.07, 6.45) is 1.15. The first kappa shape index (κ1) is 51.4. The molecule has 0 radical (unpaired) electrons. The van der Waals surface area contributed by atoms with Crippen LogP contribution in [0.15, 0.2) is 73.3 Å². The molecular weight excluding hydrogens is 986 g/mol. The molecule has 2 aliphatic carbocycles. The average molecular weight is 1040 g/mol. The van der Waals surface area contributed by atoms with E-state index in [-0.39, 0.29) is 50.6 Å². The van der Waals surface area contributed by atoms with E-state index < -0.39 is 25.2 Å². The second kappa shape index (κ2) is 21.8. The van der Waals surface area contributed by atoms with Gasteiger partial charge in [0.25, 0.3) is 11.8 Å². The van der Waals surface area contributed by atoms with Crippen LogP contribution in [0.2, 0.25) is 5.15 Å². The molecule has 4 aromatic heterocycles. The first-order valence-electron chi connectivity index (χ1n) is 23.1. The number of carbonyl (C=O) groups excluding carboxylic acids is 2. The van der Waals surface area contributed by atoms with Crippen molar-refractivity contribution >= 4 is 72.3 Å². The van der Waals surface area contributed by atoms with Gasteiger partial charge in [-0.15, -0.1) is 22.7 Å². The maximum atomic E-state index is 12.9. The van der Waals surface area contributed by atoms with Crippen molar-refractivity contribution in [1.29, 1.82) is 10.5 Å². The number of alkyl halides is 6. The van der Waals surface area contributed by atoms with Gasteiger partial charge in [0.05, 0.1) is 43.2 Å². The van der Waals surface area contributed by atoms with Crippen LogP contribution in [0.5, 0.6) is 0 Å². The number of anilines is 1. The molecule has 2 aliphatic heterocycles. The largest absolute Gasteiger partial charge is 0.393 e. The fourth-order valence-corrected chi connectivity index (χ4v) is 12.6. The Kier molecular flexibility index (Phi) is 15.8. The third-order valence-electron chi connectivity index (χ3n) is 13.5. The van der Waals surface area contributed by atoms with Crippen molar-refractivity contribution in [3.8, 4) is 12.1 Å². The number of fused-ring (bicyclic) bond motifs is 2. The van der Waals surface area contributed by atoms with E-state index in [0.717, 1.165) is 98.5 Å². The highest BCUT2D eigenvalue weighted by Gasteiger charge is 2.45. The third-order valence-corrected chi connectivity index (χ3v) is 15.9. The molecule has 4 atom stereocenters. The second-order valence-electron chi connectivity index (χ2n) is 18.8. The van der Waals surface area contributed by atoms with Crippen molar-refractivity contribution in [2.45, 2.75) is 101 Å². The normalized spacial score (nSPS) is 21.7. The van der Waals surface area contributed by atoms with Crippen LogP contribution in [0.3, 0.4) is 0 Å². The Labute approximate surface area is 418 Å². The first-order chi connectivity index (χ1) is 33.9. The van der Waals surface area contributed by atoms with Crippen molar-refractivity contribution in [1.82, 2.24) is 35.9 Å². The predicted octanol–water partition coefficient (Wildman–Crippen LogP) is 10.5. The lowest BCUT2D eigenvalue weighted by atomic mass is 9.85. The SMILES string of the molecule is FC(F)(F)Cc1cc2c(Cl)ncnc2s1.N#CCc1cccc(C(=O)NC2CCC3(CCN(c4ncnc5sc(CC(F)(F)F)cc45)C3)C2)c1.N#CCc1cccc(C(=O)NC2CCC3(CCNC3)C2)c1. The minimum absolute atomic E-state index is 0.0113. The number of nitrogens with one attached hydrogen (secondary N) is 3. The molecule has 12 nitrogen and oxygen atoms in total. The van der Waals surface area contributed by atoms with Crippen LogP contribution in [-0.4, -0.2) is 82.4 Å². The van der Waals surface area contributed by atoms with E-state index in [1.54, 1.807) is 24.3 Å². The fourth-order valence-electron chi connectivity index (χ4n) is 10.3. The number of amides is 2. The van der Waals surface area contributed by atoms with Crippen LogP contribution in [0, 0.1) is 33.5 Å². The Balaban J connectivity index is 0.000000159. The fraction of sp³-hybridized carbons (Fsp3) is 0.440. The molecule has 2 spiro atoms. The van der Waals surface area contributed by atoms with Crippen molar-refractivity contribution in [2.75, 3.05) is 31.1 Å². The van der Waals surface area contributed by atoms with Gasteiger partial charge in [-0.05, 0) is 116 Å². The van der Waals surface area contributed by atoms with Gasteiger partial charge in [0.2, 0.25) is 0 Å². The van der Waals surface area contributed by atoms with Crippen molar-refractivity contribution in [2.24, 2.45) is 10.8 Å². The average Bonchev–Trinajstić information content (AvgIpc) is 4.20. The van der Waals surface area contributed by atoms with Crippen LogP contribution >= 0.6 is 34.3 Å². The van der Waals surface area contributed by atoms with Gasteiger partial charge in [-0.25, -0.2) is 19.9 Å². The van der Waals surface area contributed by atoms with Gasteiger partial charge in [0.1, 0.15) is 33.3 Å². The lowest BCUT2D eigenvalue weighted by molar-refractivity contribution is -0.127. The highest BCUT2D eigenvalue weighted by atomic mass is 35.5. The van der Waals surface area contributed by atoms with Gasteiger partial charge in [-0.2, -0.15) is 36.9 Å². The van der Waals surface area contributed by atoms with Crippen LogP contribution in [0.4, 0.5) is 32.2 Å². The minimum Gasteiger partial charge on any atom is -0.355 e. The van der Waals surface area contributed by atoms with Crippen molar-refractivity contribution in [3.05, 3.63) is 110 Å². The molecule has 4 unspecified atom stereocenters. The Morgan fingerprint density at radius 1 is 0.732 bits per heavy atom. The van der Waals surface area contributed by atoms with Crippen LogP contribution < -0.4 is 20.9 Å². The number of rotatable bonds is 9. The molecule has 21 heteroatoms. The lowest BCUT2D eigenvalue weighted by Gasteiger charge is -2.25. The zero-order chi connectivity index (χ0) is 50.4. The Bertz CT molecular complexity index is 2960. The third kappa shape index (κ3) is 13.3. The Hall–Kier alpha value is -5.93. The standard InChI is InChI=1S/C25H24F3N5OS.C17H21N3O.C8H4ClF3N2S/c26-25(27,28)13-19-11-20-21(30-15-31-23(20)35-19)33-9-7-24(14-33)6-4-18(12-24)32-22(34)17-3-1-2-16(10-17)5-8-29;18-8-5-13-2-1-3-14(10-13)16(21)20-15-4-6-17(11-15)7-9-19-12-17;9-6-5-1-4(2-8(10,11)12)15-7(5)14-3-13-6/h1-3,10-11,15,18H,4-7,9,12-14H2,(H,32,34);1-3,10,15,19H,4-7,9,11-12H2,(H,20,21);1,3H,2H2. The maximum absolute atomic E-state index is 12.9. The zero-order valence-corrected chi connectivity index (χ0v) is 40.7.